The van der Waals surface area contributed by atoms with Crippen LogP contribution < -0.4 is 27.4 Å². The van der Waals surface area contributed by atoms with Gasteiger partial charge in [-0.2, -0.15) is 0 Å². The van der Waals surface area contributed by atoms with E-state index in [0.717, 1.165) is 0 Å². The zero-order valence-corrected chi connectivity index (χ0v) is 20.5. The summed E-state index contributed by atoms with van der Waals surface area (Å²) in [5.41, 5.74) is 11.3. The van der Waals surface area contributed by atoms with Crippen molar-refractivity contribution in [2.75, 3.05) is 0 Å². The summed E-state index contributed by atoms with van der Waals surface area (Å²) in [5.74, 6) is -6.73. The zero-order valence-electron chi connectivity index (χ0n) is 20.5. The van der Waals surface area contributed by atoms with Gasteiger partial charge in [0.1, 0.15) is 23.9 Å². The normalized spacial score (nSPS) is 14.1. The predicted molar refractivity (Wildman–Crippen MR) is 129 cm³/mol. The van der Waals surface area contributed by atoms with Crippen LogP contribution in [-0.4, -0.2) is 75.1 Å². The second-order valence-electron chi connectivity index (χ2n) is 8.76. The number of hydrogen-bond donors (Lipinski definition) is 8. The molecule has 0 aromatic heterocycles. The summed E-state index contributed by atoms with van der Waals surface area (Å²) in [6.45, 7) is 3.32. The lowest BCUT2D eigenvalue weighted by molar-refractivity contribution is -0.143. The fourth-order valence-electron chi connectivity index (χ4n) is 3.12. The highest BCUT2D eigenvalue weighted by molar-refractivity contribution is 5.95. The average molecular weight is 524 g/mol. The maximum atomic E-state index is 13.0. The summed E-state index contributed by atoms with van der Waals surface area (Å²) in [5, 5.41) is 35.0. The topological polar surface area (TPSA) is 251 Å². The first-order valence-electron chi connectivity index (χ1n) is 11.4. The van der Waals surface area contributed by atoms with Crippen molar-refractivity contribution >= 4 is 35.6 Å². The minimum absolute atomic E-state index is 0.0584. The molecule has 1 aromatic rings. The molecular weight excluding hydrogens is 490 g/mol. The Morgan fingerprint density at radius 1 is 0.838 bits per heavy atom. The number of carbonyl (C=O) groups excluding carboxylic acids is 4. The summed E-state index contributed by atoms with van der Waals surface area (Å²) < 4.78 is 0. The van der Waals surface area contributed by atoms with Gasteiger partial charge in [0.2, 0.25) is 23.6 Å². The number of primary amides is 1. The number of carboxylic acid groups (broad SMARTS) is 2. The molecule has 10 N–H and O–H groups in total. The molecule has 204 valence electrons. The summed E-state index contributed by atoms with van der Waals surface area (Å²) in [7, 11) is 0. The summed E-state index contributed by atoms with van der Waals surface area (Å²) in [6.07, 6.45) is -1.62. The van der Waals surface area contributed by atoms with Crippen LogP contribution in [-0.2, 0) is 35.2 Å². The van der Waals surface area contributed by atoms with Crippen molar-refractivity contribution in [2.24, 2.45) is 17.4 Å². The monoisotopic (exact) mass is 523 g/mol. The maximum absolute atomic E-state index is 13.0. The number of aliphatic carboxylic acids is 2. The van der Waals surface area contributed by atoms with Gasteiger partial charge in [0.05, 0.1) is 12.5 Å². The second-order valence-corrected chi connectivity index (χ2v) is 8.76. The molecule has 0 bridgehead atoms. The third kappa shape index (κ3) is 10.9. The molecule has 14 heteroatoms. The smallest absolute Gasteiger partial charge is 0.326 e. The lowest BCUT2D eigenvalue weighted by atomic mass is 10.0. The first kappa shape index (κ1) is 30.8. The Balaban J connectivity index is 3.18. The van der Waals surface area contributed by atoms with Gasteiger partial charge in [-0.3, -0.25) is 24.0 Å². The lowest BCUT2D eigenvalue weighted by Gasteiger charge is -2.25. The minimum atomic E-state index is -1.59. The SMILES string of the molecule is CC(C)C(N)C(=O)NC(CC(=O)O)C(=O)NC(Cc1ccc(O)cc1)C(=O)NC(CCC(N)=O)C(=O)O. The van der Waals surface area contributed by atoms with Crippen molar-refractivity contribution in [3.05, 3.63) is 29.8 Å². The van der Waals surface area contributed by atoms with Crippen molar-refractivity contribution in [1.29, 1.82) is 0 Å². The highest BCUT2D eigenvalue weighted by atomic mass is 16.4. The van der Waals surface area contributed by atoms with Crippen LogP contribution in [0.1, 0.15) is 38.7 Å². The molecule has 0 fully saturated rings. The average Bonchev–Trinajstić information content (AvgIpc) is 2.80. The number of aromatic hydroxyl groups is 1. The zero-order chi connectivity index (χ0) is 28.3. The molecule has 0 aliphatic heterocycles. The van der Waals surface area contributed by atoms with Crippen LogP contribution in [0.15, 0.2) is 24.3 Å². The van der Waals surface area contributed by atoms with Crippen LogP contribution >= 0.6 is 0 Å². The van der Waals surface area contributed by atoms with Gasteiger partial charge in [0.25, 0.3) is 0 Å². The van der Waals surface area contributed by atoms with E-state index >= 15 is 0 Å². The van der Waals surface area contributed by atoms with Crippen LogP contribution in [0.5, 0.6) is 5.75 Å². The van der Waals surface area contributed by atoms with Crippen LogP contribution in [0.3, 0.4) is 0 Å². The number of carboxylic acids is 2. The number of rotatable bonds is 15. The number of nitrogens with two attached hydrogens (primary N) is 2. The first-order chi connectivity index (χ1) is 17.2. The summed E-state index contributed by atoms with van der Waals surface area (Å²) in [6, 6.07) is 0.0530. The van der Waals surface area contributed by atoms with E-state index < -0.39 is 66.2 Å². The van der Waals surface area contributed by atoms with Crippen LogP contribution in [0, 0.1) is 5.92 Å². The number of benzene rings is 1. The van der Waals surface area contributed by atoms with E-state index in [4.69, 9.17) is 11.5 Å². The van der Waals surface area contributed by atoms with Gasteiger partial charge in [0, 0.05) is 12.8 Å². The molecule has 0 aliphatic rings. The summed E-state index contributed by atoms with van der Waals surface area (Å²) in [4.78, 5) is 72.2. The van der Waals surface area contributed by atoms with E-state index in [9.17, 15) is 44.1 Å². The van der Waals surface area contributed by atoms with Crippen LogP contribution in [0.4, 0.5) is 0 Å². The largest absolute Gasteiger partial charge is 0.508 e. The predicted octanol–water partition coefficient (Wildman–Crippen LogP) is -1.80. The Morgan fingerprint density at radius 2 is 1.35 bits per heavy atom. The molecule has 1 aromatic carbocycles. The number of amides is 4. The molecule has 0 aliphatic carbocycles. The molecule has 0 radical (unpaired) electrons. The molecule has 4 amide bonds. The van der Waals surface area contributed by atoms with E-state index in [1.54, 1.807) is 13.8 Å². The highest BCUT2D eigenvalue weighted by Gasteiger charge is 2.32. The highest BCUT2D eigenvalue weighted by Crippen LogP contribution is 2.12. The Labute approximate surface area is 212 Å². The number of phenolic OH excluding ortho intramolecular Hbond substituents is 1. The van der Waals surface area contributed by atoms with Gasteiger partial charge < -0.3 is 42.7 Å². The molecule has 4 unspecified atom stereocenters. The quantitative estimate of drug-likeness (QED) is 0.128. The van der Waals surface area contributed by atoms with Gasteiger partial charge in [-0.05, 0) is 30.0 Å². The molecule has 4 atom stereocenters. The lowest BCUT2D eigenvalue weighted by Crippen LogP contribution is -2.58. The molecule has 14 nitrogen and oxygen atoms in total. The molecule has 37 heavy (non-hydrogen) atoms. The molecule has 0 saturated carbocycles. The Hall–Kier alpha value is -4.20. The van der Waals surface area contributed by atoms with E-state index in [0.29, 0.717) is 5.56 Å². The third-order valence-electron chi connectivity index (χ3n) is 5.34. The Morgan fingerprint density at radius 3 is 1.84 bits per heavy atom. The fraction of sp³-hybridized carbons (Fsp3) is 0.478. The van der Waals surface area contributed by atoms with Crippen molar-refractivity contribution in [1.82, 2.24) is 16.0 Å². The number of nitrogens with one attached hydrogen (secondary N) is 3. The van der Waals surface area contributed by atoms with Crippen molar-refractivity contribution in [3.63, 3.8) is 0 Å². The van der Waals surface area contributed by atoms with Gasteiger partial charge in [-0.15, -0.1) is 0 Å². The van der Waals surface area contributed by atoms with Crippen LogP contribution in [0.25, 0.3) is 0 Å². The number of hydrogen-bond acceptors (Lipinski definition) is 8. The maximum Gasteiger partial charge on any atom is 0.326 e. The van der Waals surface area contributed by atoms with Gasteiger partial charge in [-0.25, -0.2) is 4.79 Å². The molecule has 0 heterocycles. The number of phenols is 1. The third-order valence-corrected chi connectivity index (χ3v) is 5.34. The van der Waals surface area contributed by atoms with E-state index in [1.807, 2.05) is 0 Å². The van der Waals surface area contributed by atoms with Crippen molar-refractivity contribution < 1.29 is 44.1 Å². The number of carbonyl (C=O) groups is 6. The molecule has 1 rings (SSSR count). The van der Waals surface area contributed by atoms with Crippen molar-refractivity contribution in [3.8, 4) is 5.75 Å². The minimum Gasteiger partial charge on any atom is -0.508 e. The Bertz CT molecular complexity index is 997. The van der Waals surface area contributed by atoms with Gasteiger partial charge in [0.15, 0.2) is 0 Å². The fourth-order valence-corrected chi connectivity index (χ4v) is 3.12. The van der Waals surface area contributed by atoms with Gasteiger partial charge >= 0.3 is 11.9 Å². The second kappa shape index (κ2) is 14.4. The van der Waals surface area contributed by atoms with E-state index in [1.165, 1.54) is 24.3 Å². The van der Waals surface area contributed by atoms with E-state index in [-0.39, 0.29) is 30.9 Å². The molecule has 0 spiro atoms. The molecular formula is C23H33N5O9. The van der Waals surface area contributed by atoms with E-state index in [2.05, 4.69) is 16.0 Å². The summed E-state index contributed by atoms with van der Waals surface area (Å²) >= 11 is 0. The molecule has 0 saturated heterocycles. The first-order valence-corrected chi connectivity index (χ1v) is 11.4. The van der Waals surface area contributed by atoms with Crippen molar-refractivity contribution in [2.45, 2.75) is 63.7 Å². The van der Waals surface area contributed by atoms with Gasteiger partial charge in [-0.1, -0.05) is 26.0 Å². The Kier molecular flexibility index (Phi) is 12.0. The van der Waals surface area contributed by atoms with Crippen LogP contribution in [0.2, 0.25) is 0 Å². The standard InChI is InChI=1S/C23H33N5O9/c1-11(2)19(25)22(35)28-16(10-18(31)32)21(34)27-15(9-12-3-5-13(29)6-4-12)20(33)26-14(23(36)37)7-8-17(24)30/h3-6,11,14-16,19,29H,7-10,25H2,1-2H3,(H2,24,30)(H,26,33)(H,27,34)(H,28,35)(H,31,32)(H,36,37).